The van der Waals surface area contributed by atoms with E-state index in [1.165, 1.54) is 11.1 Å². The molecule has 0 amide bonds. The monoisotopic (exact) mass is 195 g/mol. The molecule has 0 atom stereocenters. The van der Waals surface area contributed by atoms with Crippen LogP contribution in [0, 0.1) is 0 Å². The Morgan fingerprint density at radius 3 is 2.64 bits per heavy atom. The number of hydrogen-bond acceptors (Lipinski definition) is 3. The Bertz CT molecular complexity index is 287. The standard InChI is InChI=1S/C11H17NO2/c1-4-10-9(8-12-14-3)6-5-7-11(10)13-2/h5-7,12H,4,8H2,1-3H3. The summed E-state index contributed by atoms with van der Waals surface area (Å²) in [6, 6.07) is 6.05. The summed E-state index contributed by atoms with van der Waals surface area (Å²) in [6.45, 7) is 2.82. The second-order valence-electron chi connectivity index (χ2n) is 2.98. The van der Waals surface area contributed by atoms with Crippen molar-refractivity contribution in [2.45, 2.75) is 19.9 Å². The summed E-state index contributed by atoms with van der Waals surface area (Å²) in [7, 11) is 3.31. The van der Waals surface area contributed by atoms with Crippen LogP contribution in [0.15, 0.2) is 18.2 Å². The molecule has 0 spiro atoms. The lowest BCUT2D eigenvalue weighted by molar-refractivity contribution is 0.0865. The SMILES string of the molecule is CCc1c(CNOC)cccc1OC. The van der Waals surface area contributed by atoms with Crippen LogP contribution in [0.25, 0.3) is 0 Å². The van der Waals surface area contributed by atoms with Gasteiger partial charge in [0.2, 0.25) is 0 Å². The summed E-state index contributed by atoms with van der Waals surface area (Å²) in [5.41, 5.74) is 5.29. The minimum absolute atomic E-state index is 0.705. The molecule has 3 heteroatoms. The zero-order chi connectivity index (χ0) is 10.4. The van der Waals surface area contributed by atoms with Crippen molar-refractivity contribution in [3.8, 4) is 5.75 Å². The molecule has 0 aromatic heterocycles. The molecular formula is C11H17NO2. The van der Waals surface area contributed by atoms with Crippen LogP contribution >= 0.6 is 0 Å². The third-order valence-electron chi connectivity index (χ3n) is 2.21. The maximum absolute atomic E-state index is 5.29. The van der Waals surface area contributed by atoms with Gasteiger partial charge >= 0.3 is 0 Å². The van der Waals surface area contributed by atoms with Gasteiger partial charge in [-0.1, -0.05) is 19.1 Å². The smallest absolute Gasteiger partial charge is 0.122 e. The van der Waals surface area contributed by atoms with E-state index < -0.39 is 0 Å². The van der Waals surface area contributed by atoms with Crippen molar-refractivity contribution in [1.29, 1.82) is 0 Å². The third kappa shape index (κ3) is 2.47. The molecule has 0 aliphatic carbocycles. The van der Waals surface area contributed by atoms with Crippen LogP contribution in [0.4, 0.5) is 0 Å². The van der Waals surface area contributed by atoms with E-state index in [9.17, 15) is 0 Å². The van der Waals surface area contributed by atoms with Crippen LogP contribution in [0.2, 0.25) is 0 Å². The van der Waals surface area contributed by atoms with Gasteiger partial charge in [-0.15, -0.1) is 0 Å². The van der Waals surface area contributed by atoms with E-state index in [2.05, 4.69) is 18.5 Å². The summed E-state index contributed by atoms with van der Waals surface area (Å²) in [5, 5.41) is 0. The molecule has 3 nitrogen and oxygen atoms in total. The fourth-order valence-corrected chi connectivity index (χ4v) is 1.52. The highest BCUT2D eigenvalue weighted by molar-refractivity contribution is 5.40. The Hall–Kier alpha value is -1.06. The Kier molecular flexibility index (Phi) is 4.43. The van der Waals surface area contributed by atoms with Crippen LogP contribution in [-0.2, 0) is 17.8 Å². The highest BCUT2D eigenvalue weighted by atomic mass is 16.6. The average molecular weight is 195 g/mol. The summed E-state index contributed by atoms with van der Waals surface area (Å²) < 4.78 is 5.29. The Labute approximate surface area is 85.0 Å². The number of hydroxylamine groups is 1. The Morgan fingerprint density at radius 1 is 1.29 bits per heavy atom. The molecule has 0 saturated carbocycles. The Morgan fingerprint density at radius 2 is 2.07 bits per heavy atom. The lowest BCUT2D eigenvalue weighted by Crippen LogP contribution is -2.12. The van der Waals surface area contributed by atoms with E-state index >= 15 is 0 Å². The van der Waals surface area contributed by atoms with Gasteiger partial charge in [0.1, 0.15) is 5.75 Å². The van der Waals surface area contributed by atoms with E-state index in [0.29, 0.717) is 6.54 Å². The molecule has 0 radical (unpaired) electrons. The second-order valence-corrected chi connectivity index (χ2v) is 2.98. The largest absolute Gasteiger partial charge is 0.496 e. The van der Waals surface area contributed by atoms with E-state index in [1.54, 1.807) is 14.2 Å². The van der Waals surface area contributed by atoms with Crippen molar-refractivity contribution in [2.75, 3.05) is 14.2 Å². The van der Waals surface area contributed by atoms with Crippen molar-refractivity contribution in [3.63, 3.8) is 0 Å². The maximum Gasteiger partial charge on any atom is 0.122 e. The van der Waals surface area contributed by atoms with Crippen LogP contribution in [-0.4, -0.2) is 14.2 Å². The van der Waals surface area contributed by atoms with Crippen LogP contribution in [0.3, 0.4) is 0 Å². The first kappa shape index (κ1) is 11.0. The average Bonchev–Trinajstić information content (AvgIpc) is 2.25. The van der Waals surface area contributed by atoms with Crippen molar-refractivity contribution in [3.05, 3.63) is 29.3 Å². The summed E-state index contributed by atoms with van der Waals surface area (Å²) >= 11 is 0. The summed E-state index contributed by atoms with van der Waals surface area (Å²) in [5.74, 6) is 0.947. The first-order valence-corrected chi connectivity index (χ1v) is 4.74. The summed E-state index contributed by atoms with van der Waals surface area (Å²) in [4.78, 5) is 4.83. The lowest BCUT2D eigenvalue weighted by atomic mass is 10.0. The molecule has 1 aromatic carbocycles. The first-order valence-electron chi connectivity index (χ1n) is 4.74. The number of benzene rings is 1. The number of rotatable bonds is 5. The van der Waals surface area contributed by atoms with E-state index in [0.717, 1.165) is 12.2 Å². The Balaban J connectivity index is 2.90. The zero-order valence-corrected chi connectivity index (χ0v) is 8.96. The second kappa shape index (κ2) is 5.62. The van der Waals surface area contributed by atoms with E-state index in [1.807, 2.05) is 12.1 Å². The minimum Gasteiger partial charge on any atom is -0.496 e. The molecule has 0 unspecified atom stereocenters. The van der Waals surface area contributed by atoms with Gasteiger partial charge in [0.05, 0.1) is 14.2 Å². The molecule has 0 aliphatic heterocycles. The molecule has 1 N–H and O–H groups in total. The molecule has 14 heavy (non-hydrogen) atoms. The quantitative estimate of drug-likeness (QED) is 0.728. The van der Waals surface area contributed by atoms with Gasteiger partial charge in [0.15, 0.2) is 0 Å². The lowest BCUT2D eigenvalue weighted by Gasteiger charge is -2.12. The van der Waals surface area contributed by atoms with Gasteiger partial charge in [-0.2, -0.15) is 5.48 Å². The number of ether oxygens (including phenoxy) is 1. The number of methoxy groups -OCH3 is 1. The molecule has 0 saturated heterocycles. The van der Waals surface area contributed by atoms with Gasteiger partial charge in [0.25, 0.3) is 0 Å². The topological polar surface area (TPSA) is 30.5 Å². The van der Waals surface area contributed by atoms with Gasteiger partial charge in [-0.25, -0.2) is 0 Å². The number of hydrogen-bond donors (Lipinski definition) is 1. The van der Waals surface area contributed by atoms with Crippen LogP contribution in [0.1, 0.15) is 18.1 Å². The van der Waals surface area contributed by atoms with Crippen molar-refractivity contribution in [2.24, 2.45) is 0 Å². The zero-order valence-electron chi connectivity index (χ0n) is 8.96. The third-order valence-corrected chi connectivity index (χ3v) is 2.21. The van der Waals surface area contributed by atoms with Gasteiger partial charge in [0, 0.05) is 6.54 Å². The van der Waals surface area contributed by atoms with Gasteiger partial charge in [-0.05, 0) is 23.6 Å². The van der Waals surface area contributed by atoms with E-state index in [4.69, 9.17) is 9.57 Å². The number of nitrogens with one attached hydrogen (secondary N) is 1. The van der Waals surface area contributed by atoms with Crippen LogP contribution < -0.4 is 10.2 Å². The molecule has 0 bridgehead atoms. The highest BCUT2D eigenvalue weighted by Crippen LogP contribution is 2.22. The fraction of sp³-hybridized carbons (Fsp3) is 0.455. The molecule has 0 aliphatic rings. The molecule has 0 fully saturated rings. The molecule has 78 valence electrons. The predicted molar refractivity (Wildman–Crippen MR) is 56.2 cm³/mol. The molecular weight excluding hydrogens is 178 g/mol. The fourth-order valence-electron chi connectivity index (χ4n) is 1.52. The molecule has 0 heterocycles. The predicted octanol–water partition coefficient (Wildman–Crippen LogP) is 1.91. The summed E-state index contributed by atoms with van der Waals surface area (Å²) in [6.07, 6.45) is 0.963. The highest BCUT2D eigenvalue weighted by Gasteiger charge is 2.05. The maximum atomic E-state index is 5.29. The first-order chi connectivity index (χ1) is 6.83. The van der Waals surface area contributed by atoms with E-state index in [-0.39, 0.29) is 0 Å². The van der Waals surface area contributed by atoms with Crippen LogP contribution in [0.5, 0.6) is 5.75 Å². The van der Waals surface area contributed by atoms with Crippen molar-refractivity contribution < 1.29 is 9.57 Å². The molecule has 1 aromatic rings. The van der Waals surface area contributed by atoms with Crippen molar-refractivity contribution in [1.82, 2.24) is 5.48 Å². The van der Waals surface area contributed by atoms with Gasteiger partial charge < -0.3 is 9.57 Å². The van der Waals surface area contributed by atoms with Crippen molar-refractivity contribution >= 4 is 0 Å². The molecule has 1 rings (SSSR count). The minimum atomic E-state index is 0.705. The normalized spacial score (nSPS) is 10.2. The van der Waals surface area contributed by atoms with Gasteiger partial charge in [-0.3, -0.25) is 0 Å².